The molecule has 3 rings (SSSR count). The van der Waals surface area contributed by atoms with E-state index in [1.807, 2.05) is 12.1 Å². The highest BCUT2D eigenvalue weighted by Gasteiger charge is 2.39. The number of carbonyl (C=O) groups is 1. The Balaban J connectivity index is 1.80. The van der Waals surface area contributed by atoms with Crippen LogP contribution in [0.15, 0.2) is 22.7 Å². The molecular weight excluding hydrogens is 320 g/mol. The minimum absolute atomic E-state index is 0.144. The van der Waals surface area contributed by atoms with Gasteiger partial charge in [0.2, 0.25) is 5.91 Å². The fraction of sp³-hybridized carbons (Fsp3) is 0.533. The van der Waals surface area contributed by atoms with Crippen LogP contribution in [0, 0.1) is 11.8 Å². The topological polar surface area (TPSA) is 41.6 Å². The van der Waals surface area contributed by atoms with Gasteiger partial charge in [-0.2, -0.15) is 0 Å². The molecule has 0 aromatic heterocycles. The van der Waals surface area contributed by atoms with Crippen LogP contribution in [0.1, 0.15) is 13.3 Å². The van der Waals surface area contributed by atoms with E-state index in [9.17, 15) is 4.79 Å². The summed E-state index contributed by atoms with van der Waals surface area (Å²) >= 11 is 3.48. The van der Waals surface area contributed by atoms with Crippen LogP contribution < -0.4 is 10.2 Å². The minimum Gasteiger partial charge on any atom is -0.378 e. The first-order chi connectivity index (χ1) is 9.65. The van der Waals surface area contributed by atoms with Crippen molar-refractivity contribution in [2.75, 3.05) is 36.5 Å². The summed E-state index contributed by atoms with van der Waals surface area (Å²) in [7, 11) is 0. The van der Waals surface area contributed by atoms with Crippen molar-refractivity contribution in [3.63, 3.8) is 0 Å². The molecule has 1 aliphatic carbocycles. The number of morpholine rings is 1. The molecule has 2 fully saturated rings. The van der Waals surface area contributed by atoms with E-state index in [0.717, 1.165) is 48.6 Å². The van der Waals surface area contributed by atoms with Crippen molar-refractivity contribution in [2.24, 2.45) is 11.8 Å². The molecule has 2 unspecified atom stereocenters. The van der Waals surface area contributed by atoms with Crippen molar-refractivity contribution >= 4 is 33.2 Å². The molecule has 1 saturated carbocycles. The molecule has 4 nitrogen and oxygen atoms in total. The number of rotatable bonds is 3. The lowest BCUT2D eigenvalue weighted by Gasteiger charge is -2.30. The van der Waals surface area contributed by atoms with E-state index in [0.29, 0.717) is 5.92 Å². The molecule has 1 aromatic rings. The van der Waals surface area contributed by atoms with Gasteiger partial charge in [0, 0.05) is 23.5 Å². The second-order valence-electron chi connectivity index (χ2n) is 5.57. The Kier molecular flexibility index (Phi) is 3.98. The Bertz CT molecular complexity index is 515. The second kappa shape index (κ2) is 5.74. The number of anilines is 2. The third-order valence-electron chi connectivity index (χ3n) is 4.01. The highest BCUT2D eigenvalue weighted by atomic mass is 79.9. The molecule has 1 aliphatic heterocycles. The molecule has 0 radical (unpaired) electrons. The zero-order chi connectivity index (χ0) is 14.1. The number of carbonyl (C=O) groups excluding carboxylic acids is 1. The zero-order valence-corrected chi connectivity index (χ0v) is 13.1. The van der Waals surface area contributed by atoms with Crippen molar-refractivity contribution in [2.45, 2.75) is 13.3 Å². The largest absolute Gasteiger partial charge is 0.378 e. The number of halogens is 1. The molecule has 2 atom stereocenters. The number of nitrogens with zero attached hydrogens (tertiary/aromatic N) is 1. The Morgan fingerprint density at radius 1 is 1.40 bits per heavy atom. The van der Waals surface area contributed by atoms with Gasteiger partial charge in [-0.25, -0.2) is 0 Å². The molecule has 5 heteroatoms. The zero-order valence-electron chi connectivity index (χ0n) is 11.6. The monoisotopic (exact) mass is 338 g/mol. The van der Waals surface area contributed by atoms with E-state index in [1.165, 1.54) is 0 Å². The fourth-order valence-electron chi connectivity index (χ4n) is 2.60. The van der Waals surface area contributed by atoms with Crippen LogP contribution in [0.2, 0.25) is 0 Å². The summed E-state index contributed by atoms with van der Waals surface area (Å²) in [5.41, 5.74) is 1.98. The Morgan fingerprint density at radius 2 is 2.10 bits per heavy atom. The molecule has 1 aromatic carbocycles. The first kappa shape index (κ1) is 13.9. The van der Waals surface area contributed by atoms with Crippen molar-refractivity contribution in [1.82, 2.24) is 0 Å². The summed E-state index contributed by atoms with van der Waals surface area (Å²) in [5.74, 6) is 0.852. The van der Waals surface area contributed by atoms with Gasteiger partial charge < -0.3 is 15.0 Å². The van der Waals surface area contributed by atoms with E-state index in [4.69, 9.17) is 4.74 Å². The predicted molar refractivity (Wildman–Crippen MR) is 83.1 cm³/mol. The number of ether oxygens (including phenoxy) is 1. The molecule has 2 aliphatic rings. The molecule has 1 amide bonds. The van der Waals surface area contributed by atoms with Crippen molar-refractivity contribution in [3.05, 3.63) is 22.7 Å². The summed E-state index contributed by atoms with van der Waals surface area (Å²) < 4.78 is 6.37. The summed E-state index contributed by atoms with van der Waals surface area (Å²) in [6.45, 7) is 5.33. The summed E-state index contributed by atoms with van der Waals surface area (Å²) in [6.07, 6.45) is 1.01. The van der Waals surface area contributed by atoms with Gasteiger partial charge in [-0.3, -0.25) is 4.79 Å². The molecular formula is C15H19BrN2O2. The van der Waals surface area contributed by atoms with Crippen LogP contribution in [0.25, 0.3) is 0 Å². The van der Waals surface area contributed by atoms with Gasteiger partial charge in [-0.15, -0.1) is 0 Å². The van der Waals surface area contributed by atoms with Crippen LogP contribution in [-0.2, 0) is 9.53 Å². The Hall–Kier alpha value is -1.07. The maximum Gasteiger partial charge on any atom is 0.227 e. The Morgan fingerprint density at radius 3 is 2.75 bits per heavy atom. The van der Waals surface area contributed by atoms with Gasteiger partial charge >= 0.3 is 0 Å². The normalized spacial score (nSPS) is 25.4. The maximum atomic E-state index is 12.2. The van der Waals surface area contributed by atoms with Crippen LogP contribution >= 0.6 is 15.9 Å². The maximum absolute atomic E-state index is 12.2. The van der Waals surface area contributed by atoms with Crippen molar-refractivity contribution < 1.29 is 9.53 Å². The van der Waals surface area contributed by atoms with E-state index >= 15 is 0 Å². The predicted octanol–water partition coefficient (Wildman–Crippen LogP) is 2.88. The summed E-state index contributed by atoms with van der Waals surface area (Å²) in [6, 6.07) is 6.05. The van der Waals surface area contributed by atoms with E-state index in [-0.39, 0.29) is 11.8 Å². The van der Waals surface area contributed by atoms with Crippen LogP contribution in [-0.4, -0.2) is 32.2 Å². The number of nitrogens with one attached hydrogen (secondary N) is 1. The van der Waals surface area contributed by atoms with Crippen LogP contribution in [0.4, 0.5) is 11.4 Å². The summed E-state index contributed by atoms with van der Waals surface area (Å²) in [4.78, 5) is 14.4. The SMILES string of the molecule is CC1CC1C(=O)Nc1cc(Br)ccc1N1CCOCC1. The number of benzene rings is 1. The third kappa shape index (κ3) is 2.99. The van der Waals surface area contributed by atoms with Gasteiger partial charge in [0.25, 0.3) is 0 Å². The smallest absolute Gasteiger partial charge is 0.227 e. The molecule has 1 heterocycles. The Labute approximate surface area is 127 Å². The summed E-state index contributed by atoms with van der Waals surface area (Å²) in [5, 5.41) is 3.09. The lowest BCUT2D eigenvalue weighted by molar-refractivity contribution is -0.117. The lowest BCUT2D eigenvalue weighted by atomic mass is 10.2. The van der Waals surface area contributed by atoms with E-state index < -0.39 is 0 Å². The first-order valence-electron chi connectivity index (χ1n) is 7.08. The van der Waals surface area contributed by atoms with Gasteiger partial charge in [-0.1, -0.05) is 22.9 Å². The fourth-order valence-corrected chi connectivity index (χ4v) is 2.96. The average Bonchev–Trinajstić information content (AvgIpc) is 3.17. The van der Waals surface area contributed by atoms with Gasteiger partial charge in [0.1, 0.15) is 0 Å². The van der Waals surface area contributed by atoms with E-state index in [2.05, 4.69) is 39.1 Å². The van der Waals surface area contributed by atoms with Crippen LogP contribution in [0.5, 0.6) is 0 Å². The molecule has 1 saturated heterocycles. The first-order valence-corrected chi connectivity index (χ1v) is 7.87. The minimum atomic E-state index is 0.144. The highest BCUT2D eigenvalue weighted by Crippen LogP contribution is 2.39. The molecule has 20 heavy (non-hydrogen) atoms. The van der Waals surface area contributed by atoms with Crippen molar-refractivity contribution in [3.8, 4) is 0 Å². The van der Waals surface area contributed by atoms with Crippen LogP contribution in [0.3, 0.4) is 0 Å². The molecule has 108 valence electrons. The van der Waals surface area contributed by atoms with Gasteiger partial charge in [0.05, 0.1) is 24.6 Å². The number of amides is 1. The average molecular weight is 339 g/mol. The number of hydrogen-bond acceptors (Lipinski definition) is 3. The van der Waals surface area contributed by atoms with E-state index in [1.54, 1.807) is 0 Å². The second-order valence-corrected chi connectivity index (χ2v) is 6.49. The highest BCUT2D eigenvalue weighted by molar-refractivity contribution is 9.10. The molecule has 0 bridgehead atoms. The number of hydrogen-bond donors (Lipinski definition) is 1. The van der Waals surface area contributed by atoms with Gasteiger partial charge in [0.15, 0.2) is 0 Å². The molecule has 1 N–H and O–H groups in total. The van der Waals surface area contributed by atoms with Gasteiger partial charge in [-0.05, 0) is 30.5 Å². The van der Waals surface area contributed by atoms with Crippen molar-refractivity contribution in [1.29, 1.82) is 0 Å². The quantitative estimate of drug-likeness (QED) is 0.921. The lowest BCUT2D eigenvalue weighted by Crippen LogP contribution is -2.36. The molecule has 0 spiro atoms. The standard InChI is InChI=1S/C15H19BrN2O2/c1-10-8-12(10)15(19)17-13-9-11(16)2-3-14(13)18-4-6-20-7-5-18/h2-3,9-10,12H,4-8H2,1H3,(H,17,19). The third-order valence-corrected chi connectivity index (χ3v) is 4.51.